The topological polar surface area (TPSA) is 44.8 Å². The van der Waals surface area contributed by atoms with Gasteiger partial charge in [-0.1, -0.05) is 18.2 Å². The van der Waals surface area contributed by atoms with Crippen molar-refractivity contribution in [2.75, 3.05) is 26.9 Å². The van der Waals surface area contributed by atoms with Gasteiger partial charge in [0.05, 0.1) is 13.0 Å². The summed E-state index contributed by atoms with van der Waals surface area (Å²) in [4.78, 5) is 12.0. The molecule has 0 bridgehead atoms. The molecular formula is C16H22O4. The van der Waals surface area contributed by atoms with Gasteiger partial charge in [0.15, 0.2) is 0 Å². The Morgan fingerprint density at radius 1 is 1.35 bits per heavy atom. The highest BCUT2D eigenvalue weighted by Gasteiger charge is 2.31. The van der Waals surface area contributed by atoms with Crippen molar-refractivity contribution in [3.05, 3.63) is 29.8 Å². The van der Waals surface area contributed by atoms with E-state index in [1.807, 2.05) is 31.2 Å². The summed E-state index contributed by atoms with van der Waals surface area (Å²) in [7, 11) is 1.43. The number of ether oxygens (including phenoxy) is 3. The van der Waals surface area contributed by atoms with Crippen LogP contribution in [0.1, 0.15) is 18.4 Å². The highest BCUT2D eigenvalue weighted by Crippen LogP contribution is 2.26. The van der Waals surface area contributed by atoms with Gasteiger partial charge in [0.2, 0.25) is 0 Å². The van der Waals surface area contributed by atoms with Gasteiger partial charge in [0.25, 0.3) is 0 Å². The highest BCUT2D eigenvalue weighted by atomic mass is 16.5. The zero-order chi connectivity index (χ0) is 14.4. The van der Waals surface area contributed by atoms with Crippen LogP contribution in [0.3, 0.4) is 0 Å². The van der Waals surface area contributed by atoms with E-state index in [1.165, 1.54) is 7.11 Å². The molecule has 1 saturated heterocycles. The average molecular weight is 278 g/mol. The number of carbonyl (C=O) groups is 1. The predicted octanol–water partition coefficient (Wildman–Crippen LogP) is 2.59. The Labute approximate surface area is 120 Å². The van der Waals surface area contributed by atoms with E-state index in [1.54, 1.807) is 0 Å². The zero-order valence-corrected chi connectivity index (χ0v) is 12.1. The second-order valence-corrected chi connectivity index (χ2v) is 5.16. The van der Waals surface area contributed by atoms with E-state index in [4.69, 9.17) is 14.2 Å². The number of hydrogen-bond acceptors (Lipinski definition) is 4. The van der Waals surface area contributed by atoms with Gasteiger partial charge in [0.1, 0.15) is 12.4 Å². The van der Waals surface area contributed by atoms with Gasteiger partial charge in [-0.25, -0.2) is 0 Å². The molecule has 0 amide bonds. The molecule has 1 aliphatic rings. The Hall–Kier alpha value is -1.55. The second-order valence-electron chi connectivity index (χ2n) is 5.16. The van der Waals surface area contributed by atoms with Crippen LogP contribution in [0.25, 0.3) is 0 Å². The molecule has 1 aliphatic heterocycles. The maximum Gasteiger partial charge on any atom is 0.312 e. The molecule has 1 heterocycles. The molecule has 1 atom stereocenters. The highest BCUT2D eigenvalue weighted by molar-refractivity contribution is 5.72. The van der Waals surface area contributed by atoms with Gasteiger partial charge in [0, 0.05) is 13.2 Å². The standard InChI is InChI=1S/C16H22O4/c1-12-5-3-4-6-15(12)20-11-14(16(17)18-2)13-7-9-19-10-8-13/h3-6,13-14H,7-11H2,1-2H3. The van der Waals surface area contributed by atoms with Crippen molar-refractivity contribution in [3.63, 3.8) is 0 Å². The first kappa shape index (κ1) is 14.9. The van der Waals surface area contributed by atoms with Crippen molar-refractivity contribution in [2.24, 2.45) is 11.8 Å². The third kappa shape index (κ3) is 3.73. The van der Waals surface area contributed by atoms with E-state index >= 15 is 0 Å². The first-order valence-corrected chi connectivity index (χ1v) is 7.06. The molecule has 0 aromatic heterocycles. The van der Waals surface area contributed by atoms with E-state index in [0.29, 0.717) is 19.8 Å². The van der Waals surface area contributed by atoms with Crippen LogP contribution >= 0.6 is 0 Å². The monoisotopic (exact) mass is 278 g/mol. The first-order valence-electron chi connectivity index (χ1n) is 7.06. The molecule has 1 aromatic carbocycles. The maximum atomic E-state index is 12.0. The van der Waals surface area contributed by atoms with Crippen molar-refractivity contribution >= 4 is 5.97 Å². The fourth-order valence-electron chi connectivity index (χ4n) is 2.56. The normalized spacial score (nSPS) is 17.5. The van der Waals surface area contributed by atoms with Crippen LogP contribution in [-0.4, -0.2) is 32.9 Å². The molecule has 1 aromatic rings. The molecule has 2 rings (SSSR count). The van der Waals surface area contributed by atoms with Gasteiger partial charge in [-0.05, 0) is 37.3 Å². The first-order chi connectivity index (χ1) is 9.72. The summed E-state index contributed by atoms with van der Waals surface area (Å²) in [5.41, 5.74) is 1.07. The summed E-state index contributed by atoms with van der Waals surface area (Å²) >= 11 is 0. The molecule has 0 aliphatic carbocycles. The Balaban J connectivity index is 2.00. The van der Waals surface area contributed by atoms with Crippen molar-refractivity contribution in [1.82, 2.24) is 0 Å². The summed E-state index contributed by atoms with van der Waals surface area (Å²) in [6, 6.07) is 7.83. The van der Waals surface area contributed by atoms with Gasteiger partial charge < -0.3 is 14.2 Å². The number of carbonyl (C=O) groups excluding carboxylic acids is 1. The van der Waals surface area contributed by atoms with Crippen molar-refractivity contribution in [2.45, 2.75) is 19.8 Å². The average Bonchev–Trinajstić information content (AvgIpc) is 2.50. The molecule has 1 unspecified atom stereocenters. The molecule has 1 fully saturated rings. The van der Waals surface area contributed by atoms with E-state index in [-0.39, 0.29) is 17.8 Å². The smallest absolute Gasteiger partial charge is 0.312 e. The van der Waals surface area contributed by atoms with Gasteiger partial charge >= 0.3 is 5.97 Å². The molecule has 4 heteroatoms. The van der Waals surface area contributed by atoms with Gasteiger partial charge in [-0.2, -0.15) is 0 Å². The maximum absolute atomic E-state index is 12.0. The molecule has 0 radical (unpaired) electrons. The quantitative estimate of drug-likeness (QED) is 0.777. The van der Waals surface area contributed by atoms with Crippen LogP contribution in [0.15, 0.2) is 24.3 Å². The summed E-state index contributed by atoms with van der Waals surface area (Å²) in [6.07, 6.45) is 1.77. The lowest BCUT2D eigenvalue weighted by Gasteiger charge is -2.28. The van der Waals surface area contributed by atoms with Gasteiger partial charge in [-0.3, -0.25) is 4.79 Å². The summed E-state index contributed by atoms with van der Waals surface area (Å²) in [5, 5.41) is 0. The minimum Gasteiger partial charge on any atom is -0.492 e. The van der Waals surface area contributed by atoms with Crippen LogP contribution in [0.4, 0.5) is 0 Å². The predicted molar refractivity (Wildman–Crippen MR) is 75.7 cm³/mol. The molecule has 0 spiro atoms. The zero-order valence-electron chi connectivity index (χ0n) is 12.1. The summed E-state index contributed by atoms with van der Waals surface area (Å²) in [5.74, 6) is 0.697. The minimum absolute atomic E-state index is 0.189. The molecular weight excluding hydrogens is 256 g/mol. The fourth-order valence-corrected chi connectivity index (χ4v) is 2.56. The van der Waals surface area contributed by atoms with Crippen LogP contribution in [0, 0.1) is 18.8 Å². The molecule has 0 saturated carbocycles. The number of esters is 1. The Morgan fingerprint density at radius 3 is 2.70 bits per heavy atom. The van der Waals surface area contributed by atoms with Crippen molar-refractivity contribution in [3.8, 4) is 5.75 Å². The number of methoxy groups -OCH3 is 1. The number of benzene rings is 1. The van der Waals surface area contributed by atoms with Crippen LogP contribution in [0.2, 0.25) is 0 Å². The molecule has 0 N–H and O–H groups in total. The second kappa shape index (κ2) is 7.29. The number of hydrogen-bond donors (Lipinski definition) is 0. The fraction of sp³-hybridized carbons (Fsp3) is 0.562. The largest absolute Gasteiger partial charge is 0.492 e. The SMILES string of the molecule is COC(=O)C(COc1ccccc1C)C1CCOCC1. The lowest BCUT2D eigenvalue weighted by Crippen LogP contribution is -2.34. The Kier molecular flexibility index (Phi) is 5.41. The van der Waals surface area contributed by atoms with Crippen LogP contribution < -0.4 is 4.74 Å². The molecule has 4 nitrogen and oxygen atoms in total. The van der Waals surface area contributed by atoms with E-state index in [0.717, 1.165) is 24.2 Å². The lowest BCUT2D eigenvalue weighted by molar-refractivity contribution is -0.150. The van der Waals surface area contributed by atoms with E-state index in [2.05, 4.69) is 0 Å². The van der Waals surface area contributed by atoms with Crippen LogP contribution in [-0.2, 0) is 14.3 Å². The summed E-state index contributed by atoms with van der Waals surface area (Å²) in [6.45, 7) is 3.78. The van der Waals surface area contributed by atoms with Crippen molar-refractivity contribution < 1.29 is 19.0 Å². The number of para-hydroxylation sites is 1. The molecule has 20 heavy (non-hydrogen) atoms. The number of aryl methyl sites for hydroxylation is 1. The summed E-state index contributed by atoms with van der Waals surface area (Å²) < 4.78 is 16.1. The van der Waals surface area contributed by atoms with Gasteiger partial charge in [-0.15, -0.1) is 0 Å². The minimum atomic E-state index is -0.219. The third-order valence-corrected chi connectivity index (χ3v) is 3.85. The Morgan fingerprint density at radius 2 is 2.05 bits per heavy atom. The lowest BCUT2D eigenvalue weighted by atomic mass is 9.86. The molecule has 110 valence electrons. The Bertz CT molecular complexity index is 438. The third-order valence-electron chi connectivity index (χ3n) is 3.85. The van der Waals surface area contributed by atoms with Crippen molar-refractivity contribution in [1.29, 1.82) is 0 Å². The van der Waals surface area contributed by atoms with Crippen LogP contribution in [0.5, 0.6) is 5.75 Å². The van der Waals surface area contributed by atoms with E-state index < -0.39 is 0 Å². The number of rotatable bonds is 5. The van der Waals surface area contributed by atoms with E-state index in [9.17, 15) is 4.79 Å².